The lowest BCUT2D eigenvalue weighted by Crippen LogP contribution is -2.12. The van der Waals surface area contributed by atoms with E-state index >= 15 is 0 Å². The van der Waals surface area contributed by atoms with Crippen molar-refractivity contribution in [1.29, 1.82) is 0 Å². The number of carbonyl (C=O) groups is 2. The van der Waals surface area contributed by atoms with Crippen molar-refractivity contribution in [2.45, 2.75) is 71.1 Å². The highest BCUT2D eigenvalue weighted by atomic mass is 16.1. The van der Waals surface area contributed by atoms with Gasteiger partial charge in [-0.3, -0.25) is 9.59 Å². The molecule has 0 aromatic carbocycles. The fraction of sp³-hybridized carbons (Fsp3) is 0.857. The van der Waals surface area contributed by atoms with E-state index in [1.165, 1.54) is 0 Å². The summed E-state index contributed by atoms with van der Waals surface area (Å²) in [5, 5.41) is 0. The van der Waals surface area contributed by atoms with Crippen LogP contribution in [0.15, 0.2) is 0 Å². The van der Waals surface area contributed by atoms with E-state index in [1.807, 2.05) is 0 Å². The van der Waals surface area contributed by atoms with Crippen LogP contribution in [0.4, 0.5) is 0 Å². The summed E-state index contributed by atoms with van der Waals surface area (Å²) in [5.74, 6) is 0.560. The molecule has 3 nitrogen and oxygen atoms in total. The van der Waals surface area contributed by atoms with Gasteiger partial charge < -0.3 is 5.73 Å². The molecular formula is C14H27NO2. The van der Waals surface area contributed by atoms with Crippen molar-refractivity contribution in [3.8, 4) is 0 Å². The third-order valence-corrected chi connectivity index (χ3v) is 2.95. The molecule has 2 N–H and O–H groups in total. The lowest BCUT2D eigenvalue weighted by molar-refractivity contribution is -0.119. The van der Waals surface area contributed by atoms with Gasteiger partial charge in [-0.25, -0.2) is 0 Å². The third kappa shape index (κ3) is 11.6. The Hall–Kier alpha value is -0.700. The van der Waals surface area contributed by atoms with Crippen LogP contribution >= 0.6 is 0 Å². The Morgan fingerprint density at radius 2 is 1.24 bits per heavy atom. The van der Waals surface area contributed by atoms with E-state index in [1.54, 1.807) is 0 Å². The molecule has 100 valence electrons. The molecule has 0 aromatic heterocycles. The van der Waals surface area contributed by atoms with E-state index < -0.39 is 0 Å². The van der Waals surface area contributed by atoms with E-state index in [0.717, 1.165) is 57.8 Å². The maximum atomic E-state index is 11.4. The van der Waals surface area contributed by atoms with Crippen molar-refractivity contribution in [1.82, 2.24) is 0 Å². The average Bonchev–Trinajstić information content (AvgIpc) is 2.34. The zero-order chi connectivity index (χ0) is 12.9. The Labute approximate surface area is 105 Å². The predicted octanol–water partition coefficient (Wildman–Crippen LogP) is 3.00. The van der Waals surface area contributed by atoms with E-state index in [9.17, 15) is 9.59 Å². The van der Waals surface area contributed by atoms with Crippen LogP contribution in [0.5, 0.6) is 0 Å². The van der Waals surface area contributed by atoms with Crippen LogP contribution < -0.4 is 5.73 Å². The fourth-order valence-corrected chi connectivity index (χ4v) is 1.78. The zero-order valence-corrected chi connectivity index (χ0v) is 11.2. The minimum atomic E-state index is 0.153. The molecule has 0 heterocycles. The van der Waals surface area contributed by atoms with Gasteiger partial charge in [0.05, 0.1) is 6.54 Å². The number of hydrogen-bond acceptors (Lipinski definition) is 3. The molecular weight excluding hydrogens is 214 g/mol. The largest absolute Gasteiger partial charge is 0.324 e. The molecule has 0 radical (unpaired) electrons. The van der Waals surface area contributed by atoms with E-state index in [4.69, 9.17) is 5.73 Å². The zero-order valence-electron chi connectivity index (χ0n) is 11.2. The quantitative estimate of drug-likeness (QED) is 0.534. The predicted molar refractivity (Wildman–Crippen MR) is 70.9 cm³/mol. The summed E-state index contributed by atoms with van der Waals surface area (Å²) in [5.41, 5.74) is 5.22. The van der Waals surface area contributed by atoms with Gasteiger partial charge in [-0.05, 0) is 19.3 Å². The van der Waals surface area contributed by atoms with E-state index in [0.29, 0.717) is 12.2 Å². The first-order valence-electron chi connectivity index (χ1n) is 6.94. The fourth-order valence-electron chi connectivity index (χ4n) is 1.78. The molecule has 0 aliphatic heterocycles. The third-order valence-electron chi connectivity index (χ3n) is 2.95. The maximum absolute atomic E-state index is 11.4. The molecule has 0 saturated carbocycles. The number of rotatable bonds is 12. The summed E-state index contributed by atoms with van der Waals surface area (Å²) >= 11 is 0. The summed E-state index contributed by atoms with van der Waals surface area (Å²) in [6, 6.07) is 0. The highest BCUT2D eigenvalue weighted by Gasteiger charge is 2.01. The Morgan fingerprint density at radius 1 is 0.765 bits per heavy atom. The topological polar surface area (TPSA) is 60.2 Å². The van der Waals surface area contributed by atoms with Gasteiger partial charge in [0.2, 0.25) is 0 Å². The normalized spacial score (nSPS) is 10.5. The average molecular weight is 241 g/mol. The lowest BCUT2D eigenvalue weighted by atomic mass is 10.0. The first-order chi connectivity index (χ1) is 8.20. The minimum Gasteiger partial charge on any atom is -0.324 e. The van der Waals surface area contributed by atoms with Gasteiger partial charge >= 0.3 is 0 Å². The van der Waals surface area contributed by atoms with Crippen LogP contribution in [0.25, 0.3) is 0 Å². The Balaban J connectivity index is 3.18. The first-order valence-corrected chi connectivity index (χ1v) is 6.94. The number of carbonyl (C=O) groups excluding carboxylic acids is 2. The van der Waals surface area contributed by atoms with Gasteiger partial charge in [-0.15, -0.1) is 0 Å². The molecule has 0 atom stereocenters. The summed E-state index contributed by atoms with van der Waals surface area (Å²) in [4.78, 5) is 22.3. The molecule has 0 aliphatic carbocycles. The molecule has 0 fully saturated rings. The van der Waals surface area contributed by atoms with Gasteiger partial charge in [0.1, 0.15) is 11.6 Å². The molecule has 0 bridgehead atoms. The van der Waals surface area contributed by atoms with Gasteiger partial charge in [0, 0.05) is 19.3 Å². The Kier molecular flexibility index (Phi) is 11.3. The van der Waals surface area contributed by atoms with E-state index in [-0.39, 0.29) is 12.3 Å². The molecule has 0 aromatic rings. The second kappa shape index (κ2) is 11.8. The van der Waals surface area contributed by atoms with Crippen LogP contribution in [-0.4, -0.2) is 18.1 Å². The van der Waals surface area contributed by atoms with Gasteiger partial charge in [-0.1, -0.05) is 32.6 Å². The summed E-state index contributed by atoms with van der Waals surface area (Å²) in [7, 11) is 0. The minimum absolute atomic E-state index is 0.153. The highest BCUT2D eigenvalue weighted by molar-refractivity contribution is 5.80. The molecule has 17 heavy (non-hydrogen) atoms. The van der Waals surface area contributed by atoms with E-state index in [2.05, 4.69) is 6.92 Å². The van der Waals surface area contributed by atoms with Gasteiger partial charge in [-0.2, -0.15) is 0 Å². The standard InChI is InChI=1S/C14H27NO2/c1-2-3-9-13(16)10-7-5-4-6-8-11-14(17)12-15/h2-12,15H2,1H3. The number of hydrogen-bond donors (Lipinski definition) is 1. The number of nitrogens with two attached hydrogens (primary N) is 1. The molecule has 0 aliphatic rings. The Bertz CT molecular complexity index is 214. The summed E-state index contributed by atoms with van der Waals surface area (Å²) in [6.07, 6.45) is 9.49. The van der Waals surface area contributed by atoms with Crippen molar-refractivity contribution in [2.75, 3.05) is 6.54 Å². The second-order valence-electron chi connectivity index (χ2n) is 4.65. The smallest absolute Gasteiger partial charge is 0.146 e. The van der Waals surface area contributed by atoms with Crippen LogP contribution in [0.3, 0.4) is 0 Å². The second-order valence-corrected chi connectivity index (χ2v) is 4.65. The molecule has 0 unspecified atom stereocenters. The first kappa shape index (κ1) is 16.3. The van der Waals surface area contributed by atoms with Crippen molar-refractivity contribution in [3.63, 3.8) is 0 Å². The van der Waals surface area contributed by atoms with Crippen molar-refractivity contribution >= 4 is 11.6 Å². The SMILES string of the molecule is CCCCC(=O)CCCCCCCC(=O)CN. The summed E-state index contributed by atoms with van der Waals surface area (Å²) < 4.78 is 0. The monoisotopic (exact) mass is 241 g/mol. The molecule has 3 heteroatoms. The Morgan fingerprint density at radius 3 is 1.76 bits per heavy atom. The number of Topliss-reactive ketones (excluding diaryl/α,β-unsaturated/α-hetero) is 2. The maximum Gasteiger partial charge on any atom is 0.146 e. The van der Waals surface area contributed by atoms with Crippen LogP contribution in [0.2, 0.25) is 0 Å². The van der Waals surface area contributed by atoms with Crippen LogP contribution in [0, 0.1) is 0 Å². The van der Waals surface area contributed by atoms with Crippen molar-refractivity contribution in [2.24, 2.45) is 5.73 Å². The molecule has 0 amide bonds. The molecule has 0 spiro atoms. The van der Waals surface area contributed by atoms with Crippen molar-refractivity contribution in [3.05, 3.63) is 0 Å². The number of ketones is 2. The molecule has 0 saturated heterocycles. The van der Waals surface area contributed by atoms with Crippen LogP contribution in [0.1, 0.15) is 71.1 Å². The molecule has 0 rings (SSSR count). The van der Waals surface area contributed by atoms with Crippen molar-refractivity contribution < 1.29 is 9.59 Å². The van der Waals surface area contributed by atoms with Gasteiger partial charge in [0.25, 0.3) is 0 Å². The van der Waals surface area contributed by atoms with Crippen LogP contribution in [-0.2, 0) is 9.59 Å². The summed E-state index contributed by atoms with van der Waals surface area (Å²) in [6.45, 7) is 2.28. The number of unbranched alkanes of at least 4 members (excludes halogenated alkanes) is 5. The lowest BCUT2D eigenvalue weighted by Gasteiger charge is -2.01. The highest BCUT2D eigenvalue weighted by Crippen LogP contribution is 2.09. The van der Waals surface area contributed by atoms with Gasteiger partial charge in [0.15, 0.2) is 0 Å².